The topological polar surface area (TPSA) is 80.9 Å². The molecule has 0 saturated carbocycles. The van der Waals surface area contributed by atoms with Crippen LogP contribution in [0.5, 0.6) is 0 Å². The average molecular weight is 307 g/mol. The predicted octanol–water partition coefficient (Wildman–Crippen LogP) is 1.39. The Labute approximate surface area is 106 Å². The average Bonchev–Trinajstić information content (AvgIpc) is 2.12. The maximum Gasteiger partial charge on any atom is 0.225 e. The van der Waals surface area contributed by atoms with Gasteiger partial charge in [0.05, 0.1) is 0 Å². The first kappa shape index (κ1) is 13.4. The van der Waals surface area contributed by atoms with Crippen LogP contribution >= 0.6 is 15.9 Å². The van der Waals surface area contributed by atoms with Crippen LogP contribution in [0.4, 0.5) is 11.8 Å². The molecule has 7 heteroatoms. The van der Waals surface area contributed by atoms with Crippen molar-refractivity contribution in [2.24, 2.45) is 0 Å². The zero-order chi connectivity index (χ0) is 12.1. The summed E-state index contributed by atoms with van der Waals surface area (Å²) in [4.78, 5) is 8.19. The van der Waals surface area contributed by atoms with Crippen LogP contribution in [0.2, 0.25) is 0 Å². The van der Waals surface area contributed by atoms with Gasteiger partial charge in [0.15, 0.2) is 0 Å². The molecule has 0 amide bonds. The first-order valence-electron chi connectivity index (χ1n) is 4.84. The molecule has 1 aromatic rings. The van der Waals surface area contributed by atoms with Crippen LogP contribution in [0.1, 0.15) is 13.3 Å². The molecule has 0 fully saturated rings. The fraction of sp³-hybridized carbons (Fsp3) is 0.556. The maximum absolute atomic E-state index is 10.9. The van der Waals surface area contributed by atoms with Crippen molar-refractivity contribution in [1.29, 1.82) is 0 Å². The Kier molecular flexibility index (Phi) is 5.14. The van der Waals surface area contributed by atoms with E-state index in [-0.39, 0.29) is 6.04 Å². The van der Waals surface area contributed by atoms with E-state index in [0.29, 0.717) is 22.1 Å². The van der Waals surface area contributed by atoms with Gasteiger partial charge in [0.2, 0.25) is 5.95 Å². The van der Waals surface area contributed by atoms with Crippen molar-refractivity contribution in [2.75, 3.05) is 23.1 Å². The molecule has 0 bridgehead atoms. The van der Waals surface area contributed by atoms with Gasteiger partial charge in [-0.25, -0.2) is 4.98 Å². The van der Waals surface area contributed by atoms with Crippen molar-refractivity contribution in [1.82, 2.24) is 9.97 Å². The van der Waals surface area contributed by atoms with Crippen molar-refractivity contribution in [2.45, 2.75) is 19.4 Å². The van der Waals surface area contributed by atoms with E-state index in [9.17, 15) is 4.21 Å². The third-order valence-electron chi connectivity index (χ3n) is 1.93. The number of nitrogens with two attached hydrogens (primary N) is 1. The Morgan fingerprint density at radius 2 is 2.31 bits per heavy atom. The SMILES string of the molecule is CC(CCS(C)=O)Nc1nc(N)cc(Br)n1. The summed E-state index contributed by atoms with van der Waals surface area (Å²) in [5.41, 5.74) is 5.59. The smallest absolute Gasteiger partial charge is 0.225 e. The van der Waals surface area contributed by atoms with E-state index in [2.05, 4.69) is 31.2 Å². The van der Waals surface area contributed by atoms with Gasteiger partial charge in [0.1, 0.15) is 10.4 Å². The minimum Gasteiger partial charge on any atom is -0.383 e. The van der Waals surface area contributed by atoms with Gasteiger partial charge in [0, 0.05) is 34.9 Å². The van der Waals surface area contributed by atoms with Crippen LogP contribution in [0, 0.1) is 0 Å². The number of aromatic nitrogens is 2. The van der Waals surface area contributed by atoms with Gasteiger partial charge in [0.25, 0.3) is 0 Å². The van der Waals surface area contributed by atoms with Gasteiger partial charge >= 0.3 is 0 Å². The quantitative estimate of drug-likeness (QED) is 0.804. The molecular weight excluding hydrogens is 292 g/mol. The number of hydrogen-bond donors (Lipinski definition) is 2. The second-order valence-corrected chi connectivity index (χ2v) is 5.92. The second-order valence-electron chi connectivity index (χ2n) is 3.55. The van der Waals surface area contributed by atoms with Gasteiger partial charge in [-0.15, -0.1) is 0 Å². The Hall–Kier alpha value is -0.690. The summed E-state index contributed by atoms with van der Waals surface area (Å²) in [5, 5.41) is 3.11. The first-order chi connectivity index (χ1) is 7.47. The minimum absolute atomic E-state index is 0.164. The highest BCUT2D eigenvalue weighted by Gasteiger charge is 2.06. The van der Waals surface area contributed by atoms with E-state index in [1.165, 1.54) is 0 Å². The zero-order valence-corrected chi connectivity index (χ0v) is 11.6. The fourth-order valence-electron chi connectivity index (χ4n) is 1.13. The van der Waals surface area contributed by atoms with Gasteiger partial charge in [-0.3, -0.25) is 4.21 Å². The molecule has 0 aliphatic carbocycles. The number of nitrogen functional groups attached to an aromatic ring is 1. The van der Waals surface area contributed by atoms with Crippen molar-refractivity contribution in [3.05, 3.63) is 10.7 Å². The summed E-state index contributed by atoms with van der Waals surface area (Å²) in [6, 6.07) is 1.80. The molecule has 2 unspecified atom stereocenters. The van der Waals surface area contributed by atoms with E-state index in [1.54, 1.807) is 12.3 Å². The molecule has 0 aliphatic rings. The lowest BCUT2D eigenvalue weighted by Crippen LogP contribution is -2.19. The molecule has 3 N–H and O–H groups in total. The summed E-state index contributed by atoms with van der Waals surface area (Å²) in [7, 11) is -0.768. The van der Waals surface area contributed by atoms with Crippen molar-refractivity contribution < 1.29 is 4.21 Å². The third kappa shape index (κ3) is 4.89. The Morgan fingerprint density at radius 1 is 1.62 bits per heavy atom. The number of nitrogens with one attached hydrogen (secondary N) is 1. The Bertz CT molecular complexity index is 368. The third-order valence-corrected chi connectivity index (χ3v) is 3.15. The van der Waals surface area contributed by atoms with Gasteiger partial charge in [-0.2, -0.15) is 4.98 Å². The Morgan fingerprint density at radius 3 is 2.88 bits per heavy atom. The molecule has 0 saturated heterocycles. The highest BCUT2D eigenvalue weighted by atomic mass is 79.9. The lowest BCUT2D eigenvalue weighted by molar-refractivity contribution is 0.677. The van der Waals surface area contributed by atoms with Crippen LogP contribution in [-0.2, 0) is 10.8 Å². The summed E-state index contributed by atoms with van der Waals surface area (Å²) < 4.78 is 11.6. The second kappa shape index (κ2) is 6.15. The molecule has 0 radical (unpaired) electrons. The van der Waals surface area contributed by atoms with Gasteiger partial charge < -0.3 is 11.1 Å². The van der Waals surface area contributed by atoms with Crippen LogP contribution in [-0.4, -0.2) is 32.2 Å². The van der Waals surface area contributed by atoms with Crippen molar-refractivity contribution >= 4 is 38.5 Å². The summed E-state index contributed by atoms with van der Waals surface area (Å²) in [6.45, 7) is 1.99. The van der Waals surface area contributed by atoms with E-state index >= 15 is 0 Å². The number of halogens is 1. The highest BCUT2D eigenvalue weighted by Crippen LogP contribution is 2.13. The van der Waals surface area contributed by atoms with E-state index < -0.39 is 10.8 Å². The molecule has 16 heavy (non-hydrogen) atoms. The molecule has 0 aromatic carbocycles. The van der Waals surface area contributed by atoms with E-state index in [1.807, 2.05) is 6.92 Å². The molecule has 1 heterocycles. The predicted molar refractivity (Wildman–Crippen MR) is 70.8 cm³/mol. The molecule has 90 valence electrons. The van der Waals surface area contributed by atoms with Crippen LogP contribution in [0.3, 0.4) is 0 Å². The lowest BCUT2D eigenvalue weighted by Gasteiger charge is -2.13. The van der Waals surface area contributed by atoms with E-state index in [4.69, 9.17) is 5.73 Å². The Balaban J connectivity index is 2.55. The molecule has 5 nitrogen and oxygen atoms in total. The monoisotopic (exact) mass is 306 g/mol. The summed E-state index contributed by atoms with van der Waals surface area (Å²) in [5.74, 6) is 1.56. The fourth-order valence-corrected chi connectivity index (χ4v) is 2.22. The minimum atomic E-state index is -0.768. The molecule has 1 rings (SSSR count). The molecular formula is C9H15BrN4OS. The van der Waals surface area contributed by atoms with Crippen LogP contribution in [0.15, 0.2) is 10.7 Å². The normalized spacial score (nSPS) is 14.4. The first-order valence-corrected chi connectivity index (χ1v) is 7.36. The molecule has 2 atom stereocenters. The summed E-state index contributed by atoms with van der Waals surface area (Å²) >= 11 is 3.25. The maximum atomic E-state index is 10.9. The molecule has 0 aliphatic heterocycles. The van der Waals surface area contributed by atoms with Crippen LogP contribution in [0.25, 0.3) is 0 Å². The molecule has 1 aromatic heterocycles. The number of hydrogen-bond acceptors (Lipinski definition) is 5. The van der Waals surface area contributed by atoms with Gasteiger partial charge in [-0.1, -0.05) is 0 Å². The highest BCUT2D eigenvalue weighted by molar-refractivity contribution is 9.10. The number of nitrogens with zero attached hydrogens (tertiary/aromatic N) is 2. The largest absolute Gasteiger partial charge is 0.383 e. The van der Waals surface area contributed by atoms with Crippen molar-refractivity contribution in [3.63, 3.8) is 0 Å². The zero-order valence-electron chi connectivity index (χ0n) is 9.24. The van der Waals surface area contributed by atoms with E-state index in [0.717, 1.165) is 6.42 Å². The summed E-state index contributed by atoms with van der Waals surface area (Å²) in [6.07, 6.45) is 2.50. The van der Waals surface area contributed by atoms with Gasteiger partial charge in [-0.05, 0) is 29.3 Å². The number of anilines is 2. The standard InChI is InChI=1S/C9H15BrN4OS/c1-6(3-4-16(2)15)12-9-13-7(10)5-8(11)14-9/h5-6H,3-4H2,1-2H3,(H3,11,12,13,14). The van der Waals surface area contributed by atoms with Crippen molar-refractivity contribution in [3.8, 4) is 0 Å². The van der Waals surface area contributed by atoms with Crippen LogP contribution < -0.4 is 11.1 Å². The lowest BCUT2D eigenvalue weighted by atomic mass is 10.3. The number of rotatable bonds is 5. The molecule has 0 spiro atoms.